The normalized spacial score (nSPS) is 24.1. The van der Waals surface area contributed by atoms with Crippen LogP contribution in [0.3, 0.4) is 0 Å². The summed E-state index contributed by atoms with van der Waals surface area (Å²) in [6.07, 6.45) is 2.41. The fraction of sp³-hybridized carbons (Fsp3) is 0.917. The second-order valence-corrected chi connectivity index (χ2v) is 7.73. The van der Waals surface area contributed by atoms with Gasteiger partial charge in [-0.3, -0.25) is 4.79 Å². The van der Waals surface area contributed by atoms with Crippen molar-refractivity contribution in [2.24, 2.45) is 11.8 Å². The second kappa shape index (κ2) is 6.75. The molecule has 106 valence electrons. The van der Waals surface area contributed by atoms with E-state index in [2.05, 4.69) is 19.2 Å². The first-order valence-electron chi connectivity index (χ1n) is 6.51. The summed E-state index contributed by atoms with van der Waals surface area (Å²) in [5.74, 6) is -0.0638. The van der Waals surface area contributed by atoms with Crippen molar-refractivity contribution in [3.05, 3.63) is 0 Å². The number of carbonyl (C=O) groups is 1. The Morgan fingerprint density at radius 1 is 1.39 bits per heavy atom. The van der Waals surface area contributed by atoms with Crippen LogP contribution in [0.4, 0.5) is 0 Å². The maximum absolute atomic E-state index is 11.8. The van der Waals surface area contributed by atoms with Crippen LogP contribution < -0.4 is 5.32 Å². The third-order valence-electron chi connectivity index (χ3n) is 3.63. The number of sulfone groups is 1. The summed E-state index contributed by atoms with van der Waals surface area (Å²) in [7, 11) is -3.00. The van der Waals surface area contributed by atoms with Crippen LogP contribution in [0.15, 0.2) is 0 Å². The lowest BCUT2D eigenvalue weighted by Gasteiger charge is -2.20. The number of rotatable bonds is 6. The van der Waals surface area contributed by atoms with Gasteiger partial charge in [0.15, 0.2) is 9.84 Å². The van der Waals surface area contributed by atoms with Crippen LogP contribution in [0.1, 0.15) is 33.1 Å². The van der Waals surface area contributed by atoms with Gasteiger partial charge in [0.1, 0.15) is 0 Å². The zero-order valence-electron chi connectivity index (χ0n) is 11.0. The van der Waals surface area contributed by atoms with Crippen molar-refractivity contribution in [1.82, 2.24) is 5.32 Å². The molecule has 1 amide bonds. The molecule has 2 unspecified atom stereocenters. The standard InChI is InChI=1S/C12H22ClNO3S/c1-3-9(4-2)11(13)7-14-12(15)10-5-6-18(16,17)8-10/h9-11H,3-8H2,1-2H3,(H,14,15). The minimum atomic E-state index is -3.00. The first kappa shape index (κ1) is 15.8. The Morgan fingerprint density at radius 2 is 2.00 bits per heavy atom. The molecule has 1 aliphatic heterocycles. The minimum Gasteiger partial charge on any atom is -0.354 e. The maximum atomic E-state index is 11.8. The molecule has 1 aliphatic rings. The fourth-order valence-electron chi connectivity index (χ4n) is 2.31. The predicted molar refractivity (Wildman–Crippen MR) is 73.5 cm³/mol. The van der Waals surface area contributed by atoms with Crippen LogP contribution in [0.25, 0.3) is 0 Å². The molecule has 0 aliphatic carbocycles. The molecule has 0 aromatic carbocycles. The molecule has 1 saturated heterocycles. The smallest absolute Gasteiger partial charge is 0.224 e. The zero-order chi connectivity index (χ0) is 13.8. The summed E-state index contributed by atoms with van der Waals surface area (Å²) < 4.78 is 22.6. The number of hydrogen-bond acceptors (Lipinski definition) is 3. The van der Waals surface area contributed by atoms with Crippen LogP contribution in [-0.2, 0) is 14.6 Å². The lowest BCUT2D eigenvalue weighted by atomic mass is 9.99. The number of alkyl halides is 1. The van der Waals surface area contributed by atoms with Crippen molar-refractivity contribution in [3.8, 4) is 0 Å². The monoisotopic (exact) mass is 295 g/mol. The van der Waals surface area contributed by atoms with E-state index in [4.69, 9.17) is 11.6 Å². The predicted octanol–water partition coefficient (Wildman–Crippen LogP) is 1.58. The number of amides is 1. The van der Waals surface area contributed by atoms with Gasteiger partial charge in [0, 0.05) is 6.54 Å². The molecule has 0 spiro atoms. The third kappa shape index (κ3) is 4.43. The highest BCUT2D eigenvalue weighted by atomic mass is 35.5. The minimum absolute atomic E-state index is 0.0171. The first-order valence-corrected chi connectivity index (χ1v) is 8.77. The summed E-state index contributed by atoms with van der Waals surface area (Å²) in [6, 6.07) is 0. The van der Waals surface area contributed by atoms with E-state index in [9.17, 15) is 13.2 Å². The average Bonchev–Trinajstić information content (AvgIpc) is 2.68. The van der Waals surface area contributed by atoms with Gasteiger partial charge in [-0.1, -0.05) is 26.7 Å². The SMILES string of the molecule is CCC(CC)C(Cl)CNC(=O)C1CCS(=O)(=O)C1. The number of carbonyl (C=O) groups excluding carboxylic acids is 1. The van der Waals surface area contributed by atoms with Gasteiger partial charge in [0.25, 0.3) is 0 Å². The Balaban J connectivity index is 2.38. The molecule has 1 N–H and O–H groups in total. The van der Waals surface area contributed by atoms with E-state index in [1.807, 2.05) is 0 Å². The van der Waals surface area contributed by atoms with E-state index >= 15 is 0 Å². The Hall–Kier alpha value is -0.290. The van der Waals surface area contributed by atoms with Gasteiger partial charge in [-0.25, -0.2) is 8.42 Å². The summed E-state index contributed by atoms with van der Waals surface area (Å²) in [5.41, 5.74) is 0. The number of halogens is 1. The van der Waals surface area contributed by atoms with E-state index in [-0.39, 0.29) is 28.7 Å². The Morgan fingerprint density at radius 3 is 2.44 bits per heavy atom. The molecule has 0 aromatic heterocycles. The summed E-state index contributed by atoms with van der Waals surface area (Å²) in [5, 5.41) is 2.69. The van der Waals surface area contributed by atoms with Crippen molar-refractivity contribution in [2.75, 3.05) is 18.1 Å². The molecule has 0 aromatic rings. The lowest BCUT2D eigenvalue weighted by molar-refractivity contribution is -0.124. The van der Waals surface area contributed by atoms with Gasteiger partial charge in [-0.2, -0.15) is 0 Å². The lowest BCUT2D eigenvalue weighted by Crippen LogP contribution is -2.37. The summed E-state index contributed by atoms with van der Waals surface area (Å²) in [6.45, 7) is 4.58. The zero-order valence-corrected chi connectivity index (χ0v) is 12.6. The van der Waals surface area contributed by atoms with Crippen LogP contribution >= 0.6 is 11.6 Å². The largest absolute Gasteiger partial charge is 0.354 e. The molecule has 0 bridgehead atoms. The fourth-order valence-corrected chi connectivity index (χ4v) is 4.49. The quantitative estimate of drug-likeness (QED) is 0.757. The van der Waals surface area contributed by atoms with Crippen molar-refractivity contribution in [2.45, 2.75) is 38.5 Å². The van der Waals surface area contributed by atoms with Crippen LogP contribution in [-0.4, -0.2) is 37.8 Å². The molecule has 1 heterocycles. The second-order valence-electron chi connectivity index (χ2n) is 4.94. The van der Waals surface area contributed by atoms with Gasteiger partial charge in [-0.05, 0) is 12.3 Å². The first-order chi connectivity index (χ1) is 8.39. The van der Waals surface area contributed by atoms with Crippen LogP contribution in [0.5, 0.6) is 0 Å². The number of hydrogen-bond donors (Lipinski definition) is 1. The topological polar surface area (TPSA) is 63.2 Å². The van der Waals surface area contributed by atoms with Crippen molar-refractivity contribution < 1.29 is 13.2 Å². The average molecular weight is 296 g/mol. The molecule has 1 fully saturated rings. The third-order valence-corrected chi connectivity index (χ3v) is 5.91. The van der Waals surface area contributed by atoms with Gasteiger partial charge < -0.3 is 5.32 Å². The Bertz CT molecular complexity index is 379. The van der Waals surface area contributed by atoms with Gasteiger partial charge in [0.05, 0.1) is 22.8 Å². The molecule has 0 radical (unpaired) electrons. The van der Waals surface area contributed by atoms with E-state index in [0.717, 1.165) is 12.8 Å². The van der Waals surface area contributed by atoms with E-state index < -0.39 is 9.84 Å². The molecule has 1 rings (SSSR count). The molecule has 2 atom stereocenters. The van der Waals surface area contributed by atoms with Crippen LogP contribution in [0, 0.1) is 11.8 Å². The highest BCUT2D eigenvalue weighted by Gasteiger charge is 2.33. The van der Waals surface area contributed by atoms with Crippen molar-refractivity contribution in [3.63, 3.8) is 0 Å². The highest BCUT2D eigenvalue weighted by Crippen LogP contribution is 2.20. The van der Waals surface area contributed by atoms with Crippen LogP contribution in [0.2, 0.25) is 0 Å². The van der Waals surface area contributed by atoms with Gasteiger partial charge in [-0.15, -0.1) is 11.6 Å². The van der Waals surface area contributed by atoms with Crippen molar-refractivity contribution >= 4 is 27.3 Å². The Kier molecular flexibility index (Phi) is 5.92. The molecule has 6 heteroatoms. The molecular weight excluding hydrogens is 274 g/mol. The van der Waals surface area contributed by atoms with E-state index in [1.165, 1.54) is 0 Å². The Labute approximate surface area is 114 Å². The van der Waals surface area contributed by atoms with E-state index in [1.54, 1.807) is 0 Å². The molecule has 18 heavy (non-hydrogen) atoms. The van der Waals surface area contributed by atoms with E-state index in [0.29, 0.717) is 18.9 Å². The number of nitrogens with one attached hydrogen (secondary N) is 1. The van der Waals surface area contributed by atoms with Gasteiger partial charge in [0.2, 0.25) is 5.91 Å². The maximum Gasteiger partial charge on any atom is 0.224 e. The molecule has 4 nitrogen and oxygen atoms in total. The van der Waals surface area contributed by atoms with Gasteiger partial charge >= 0.3 is 0 Å². The summed E-state index contributed by atoms with van der Waals surface area (Å²) in [4.78, 5) is 11.8. The van der Waals surface area contributed by atoms with Crippen molar-refractivity contribution in [1.29, 1.82) is 0 Å². The molecular formula is C12H22ClNO3S. The summed E-state index contributed by atoms with van der Waals surface area (Å²) >= 11 is 6.22. The highest BCUT2D eigenvalue weighted by molar-refractivity contribution is 7.91. The molecule has 0 saturated carbocycles.